The second-order valence-electron chi connectivity index (χ2n) is 11.9. The summed E-state index contributed by atoms with van der Waals surface area (Å²) in [6.07, 6.45) is 2.02. The van der Waals surface area contributed by atoms with Crippen molar-refractivity contribution in [2.45, 2.75) is 47.5 Å². The number of nitrogens with zero attached hydrogens (tertiary/aromatic N) is 2. The molecule has 0 aliphatic rings. The van der Waals surface area contributed by atoms with Crippen LogP contribution < -0.4 is 9.80 Å². The van der Waals surface area contributed by atoms with Gasteiger partial charge in [0.05, 0.1) is 0 Å². The first-order valence-electron chi connectivity index (χ1n) is 16.1. The predicted octanol–water partition coefficient (Wildman–Crippen LogP) is 12.3. The van der Waals surface area contributed by atoms with Gasteiger partial charge in [-0.3, -0.25) is 0 Å². The van der Waals surface area contributed by atoms with E-state index in [9.17, 15) is 0 Å². The van der Waals surface area contributed by atoms with Gasteiger partial charge in [-0.25, -0.2) is 0 Å². The Hall–Kier alpha value is -5.08. The molecule has 0 aliphatic carbocycles. The molecule has 0 atom stereocenters. The summed E-state index contributed by atoms with van der Waals surface area (Å²) in [5.74, 6) is 0. The molecule has 0 aromatic heterocycles. The van der Waals surface area contributed by atoms with Gasteiger partial charge in [-0.1, -0.05) is 80.6 Å². The maximum absolute atomic E-state index is 2.37. The molecule has 0 unspecified atom stereocenters. The first kappa shape index (κ1) is 30.0. The topological polar surface area (TPSA) is 6.48 Å². The molecule has 0 spiro atoms. The van der Waals surface area contributed by atoms with Crippen molar-refractivity contribution in [1.82, 2.24) is 0 Å². The van der Waals surface area contributed by atoms with Crippen molar-refractivity contribution >= 4 is 34.1 Å². The first-order chi connectivity index (χ1) is 21.9. The van der Waals surface area contributed by atoms with Crippen molar-refractivity contribution in [3.63, 3.8) is 0 Å². The van der Waals surface area contributed by atoms with Crippen molar-refractivity contribution in [2.24, 2.45) is 0 Å². The van der Waals surface area contributed by atoms with Crippen LogP contribution in [-0.2, 0) is 12.8 Å². The van der Waals surface area contributed by atoms with Crippen molar-refractivity contribution in [3.05, 3.63) is 167 Å². The van der Waals surface area contributed by atoms with Gasteiger partial charge >= 0.3 is 0 Å². The van der Waals surface area contributed by atoms with Crippen LogP contribution in [0.4, 0.5) is 34.1 Å². The van der Waals surface area contributed by atoms with Gasteiger partial charge < -0.3 is 9.80 Å². The Morgan fingerprint density at radius 1 is 0.400 bits per heavy atom. The Morgan fingerprint density at radius 2 is 0.867 bits per heavy atom. The molecule has 0 aliphatic heterocycles. The molecule has 45 heavy (non-hydrogen) atoms. The zero-order valence-electron chi connectivity index (χ0n) is 27.1. The normalized spacial score (nSPS) is 11.0. The third kappa shape index (κ3) is 6.56. The van der Waals surface area contributed by atoms with Gasteiger partial charge in [-0.2, -0.15) is 0 Å². The zero-order valence-corrected chi connectivity index (χ0v) is 27.1. The average molecular weight is 587 g/mol. The maximum Gasteiger partial charge on any atom is 0.0491 e. The summed E-state index contributed by atoms with van der Waals surface area (Å²) in [6, 6.07) is 51.1. The summed E-state index contributed by atoms with van der Waals surface area (Å²) < 4.78 is 0. The lowest BCUT2D eigenvalue weighted by molar-refractivity contribution is 1.12. The van der Waals surface area contributed by atoms with Crippen molar-refractivity contribution in [3.8, 4) is 11.1 Å². The number of anilines is 6. The van der Waals surface area contributed by atoms with Crippen molar-refractivity contribution in [1.29, 1.82) is 0 Å². The highest BCUT2D eigenvalue weighted by atomic mass is 15.1. The van der Waals surface area contributed by atoms with E-state index in [0.29, 0.717) is 0 Å². The second-order valence-corrected chi connectivity index (χ2v) is 11.9. The molecule has 0 radical (unpaired) electrons. The van der Waals surface area contributed by atoms with Crippen LogP contribution >= 0.6 is 0 Å². The van der Waals surface area contributed by atoms with Gasteiger partial charge in [-0.15, -0.1) is 0 Å². The summed E-state index contributed by atoms with van der Waals surface area (Å²) >= 11 is 0. The fourth-order valence-electron chi connectivity index (χ4n) is 6.13. The van der Waals surface area contributed by atoms with Crippen LogP contribution in [0.2, 0.25) is 0 Å². The molecule has 0 saturated heterocycles. The van der Waals surface area contributed by atoms with E-state index in [1.807, 2.05) is 0 Å². The van der Waals surface area contributed by atoms with Crippen LogP contribution in [0, 0.1) is 20.8 Å². The van der Waals surface area contributed by atoms with E-state index in [1.165, 1.54) is 67.4 Å². The third-order valence-electron chi connectivity index (χ3n) is 8.57. The van der Waals surface area contributed by atoms with Crippen LogP contribution in [0.15, 0.2) is 140 Å². The number of rotatable bonds is 9. The highest BCUT2D eigenvalue weighted by Crippen LogP contribution is 2.40. The fraction of sp³-hybridized carbons (Fsp3) is 0.163. The maximum atomic E-state index is 2.37. The molecular formula is C43H42N2. The quantitative estimate of drug-likeness (QED) is 0.166. The lowest BCUT2D eigenvalue weighted by Gasteiger charge is -2.28. The van der Waals surface area contributed by atoms with E-state index in [-0.39, 0.29) is 0 Å². The Morgan fingerprint density at radius 3 is 1.33 bits per heavy atom. The Bertz CT molecular complexity index is 1830. The molecule has 6 aromatic rings. The summed E-state index contributed by atoms with van der Waals surface area (Å²) in [7, 11) is 0. The van der Waals surface area contributed by atoms with Crippen LogP contribution in [-0.4, -0.2) is 0 Å². The van der Waals surface area contributed by atoms with Crippen LogP contribution in [0.3, 0.4) is 0 Å². The number of hydrogen-bond donors (Lipinski definition) is 0. The molecule has 0 fully saturated rings. The first-order valence-corrected chi connectivity index (χ1v) is 16.1. The van der Waals surface area contributed by atoms with E-state index in [4.69, 9.17) is 0 Å². The molecule has 224 valence electrons. The molecule has 2 heteroatoms. The van der Waals surface area contributed by atoms with Gasteiger partial charge in [-0.05, 0) is 145 Å². The minimum atomic E-state index is 1.01. The molecule has 0 saturated carbocycles. The van der Waals surface area contributed by atoms with Gasteiger partial charge in [0.15, 0.2) is 0 Å². The third-order valence-corrected chi connectivity index (χ3v) is 8.57. The van der Waals surface area contributed by atoms with Crippen LogP contribution in [0.1, 0.15) is 41.7 Å². The lowest BCUT2D eigenvalue weighted by atomic mass is 10.00. The Balaban J connectivity index is 1.37. The Kier molecular flexibility index (Phi) is 8.84. The summed E-state index contributed by atoms with van der Waals surface area (Å²) in [5.41, 5.74) is 15.8. The van der Waals surface area contributed by atoms with Gasteiger partial charge in [0.2, 0.25) is 0 Å². The SMILES string of the molecule is CCc1cccc(N(c2ccc(-c3ccc(N(c4cccc(C)c4)c4cccc(C)c4)c(C)c3)cc2)c2cccc(CC)c2)c1. The molecular weight excluding hydrogens is 544 g/mol. The van der Waals surface area contributed by atoms with Gasteiger partial charge in [0.1, 0.15) is 0 Å². The summed E-state index contributed by atoms with van der Waals surface area (Å²) in [4.78, 5) is 4.74. The number of hydrogen-bond acceptors (Lipinski definition) is 2. The monoisotopic (exact) mass is 586 g/mol. The lowest BCUT2D eigenvalue weighted by Crippen LogP contribution is -2.11. The molecule has 6 rings (SSSR count). The predicted molar refractivity (Wildman–Crippen MR) is 194 cm³/mol. The minimum Gasteiger partial charge on any atom is -0.310 e. The van der Waals surface area contributed by atoms with E-state index in [2.05, 4.69) is 184 Å². The summed E-state index contributed by atoms with van der Waals surface area (Å²) in [5, 5.41) is 0. The molecule has 0 heterocycles. The molecule has 2 nitrogen and oxygen atoms in total. The van der Waals surface area contributed by atoms with Gasteiger partial charge in [0, 0.05) is 34.1 Å². The van der Waals surface area contributed by atoms with E-state index < -0.39 is 0 Å². The number of benzene rings is 6. The molecule has 0 amide bonds. The highest BCUT2D eigenvalue weighted by molar-refractivity contribution is 5.82. The second kappa shape index (κ2) is 13.3. The highest BCUT2D eigenvalue weighted by Gasteiger charge is 2.17. The molecule has 0 N–H and O–H groups in total. The van der Waals surface area contributed by atoms with E-state index in [1.54, 1.807) is 0 Å². The van der Waals surface area contributed by atoms with Crippen molar-refractivity contribution in [2.75, 3.05) is 9.80 Å². The summed E-state index contributed by atoms with van der Waals surface area (Å²) in [6.45, 7) is 10.9. The Labute approximate surface area is 269 Å². The molecule has 6 aromatic carbocycles. The fourth-order valence-corrected chi connectivity index (χ4v) is 6.13. The standard InChI is InChI=1S/C43H42N2/c1-6-34-14-10-18-41(29-34)44(42-19-11-15-35(7-2)30-42)38-23-20-36(21-24-38)37-22-25-43(33(5)28-37)45(39-16-8-12-31(3)26-39)40-17-9-13-32(4)27-40/h8-30H,6-7H2,1-5H3. The van der Waals surface area contributed by atoms with Gasteiger partial charge in [0.25, 0.3) is 0 Å². The van der Waals surface area contributed by atoms with E-state index >= 15 is 0 Å². The smallest absolute Gasteiger partial charge is 0.0491 e. The largest absolute Gasteiger partial charge is 0.310 e. The average Bonchev–Trinajstić information content (AvgIpc) is 3.06. The zero-order chi connectivity index (χ0) is 31.3. The van der Waals surface area contributed by atoms with E-state index in [0.717, 1.165) is 18.5 Å². The number of aryl methyl sites for hydroxylation is 5. The molecule has 0 bridgehead atoms. The van der Waals surface area contributed by atoms with Crippen molar-refractivity contribution < 1.29 is 0 Å². The minimum absolute atomic E-state index is 1.01. The van der Waals surface area contributed by atoms with Crippen LogP contribution in [0.25, 0.3) is 11.1 Å². The van der Waals surface area contributed by atoms with Crippen LogP contribution in [0.5, 0.6) is 0 Å².